The molecular weight excluding hydrogens is 312 g/mol. The maximum absolute atomic E-state index is 10.6. The first kappa shape index (κ1) is 11.6. The van der Waals surface area contributed by atoms with E-state index in [0.717, 1.165) is 9.35 Å². The van der Waals surface area contributed by atoms with Gasteiger partial charge in [-0.3, -0.25) is 0 Å². The van der Waals surface area contributed by atoms with Crippen molar-refractivity contribution in [3.63, 3.8) is 0 Å². The standard InChI is InChI=1S/C10H7BrO3S2/c11-6-1-8(15-4-6)3-14-7-2-9(10(12)13)16-5-7/h1-2,4-5H,3H2,(H,12,13). The highest BCUT2D eigenvalue weighted by Gasteiger charge is 2.07. The number of hydrogen-bond donors (Lipinski definition) is 1. The average molecular weight is 319 g/mol. The van der Waals surface area contributed by atoms with Gasteiger partial charge in [0.25, 0.3) is 0 Å². The lowest BCUT2D eigenvalue weighted by atomic mass is 10.4. The molecule has 16 heavy (non-hydrogen) atoms. The number of carbonyl (C=O) groups is 1. The van der Waals surface area contributed by atoms with E-state index in [-0.39, 0.29) is 0 Å². The minimum Gasteiger partial charge on any atom is -0.487 e. The fourth-order valence-electron chi connectivity index (χ4n) is 1.09. The third-order valence-corrected chi connectivity index (χ3v) is 4.36. The Kier molecular flexibility index (Phi) is 3.63. The van der Waals surface area contributed by atoms with Crippen molar-refractivity contribution >= 4 is 44.6 Å². The van der Waals surface area contributed by atoms with Gasteiger partial charge in [-0.25, -0.2) is 4.79 Å². The number of hydrogen-bond acceptors (Lipinski definition) is 4. The van der Waals surface area contributed by atoms with Crippen molar-refractivity contribution in [2.75, 3.05) is 0 Å². The molecule has 3 nitrogen and oxygen atoms in total. The van der Waals surface area contributed by atoms with Crippen molar-refractivity contribution in [1.29, 1.82) is 0 Å². The Balaban J connectivity index is 1.97. The predicted octanol–water partition coefficient (Wildman–Crippen LogP) is 3.85. The van der Waals surface area contributed by atoms with Gasteiger partial charge in [0, 0.05) is 26.2 Å². The fourth-order valence-corrected chi connectivity index (χ4v) is 3.12. The summed E-state index contributed by atoms with van der Waals surface area (Å²) in [6.07, 6.45) is 0. The number of halogens is 1. The zero-order valence-electron chi connectivity index (χ0n) is 7.97. The maximum atomic E-state index is 10.6. The third-order valence-electron chi connectivity index (χ3n) is 1.79. The zero-order chi connectivity index (χ0) is 11.5. The van der Waals surface area contributed by atoms with Crippen molar-refractivity contribution in [3.05, 3.63) is 37.1 Å². The Morgan fingerprint density at radius 2 is 2.19 bits per heavy atom. The first-order valence-corrected chi connectivity index (χ1v) is 6.88. The molecular formula is C10H7BrO3S2. The van der Waals surface area contributed by atoms with Crippen LogP contribution in [0.2, 0.25) is 0 Å². The largest absolute Gasteiger partial charge is 0.487 e. The second-order valence-corrected chi connectivity index (χ2v) is 5.79. The van der Waals surface area contributed by atoms with E-state index in [9.17, 15) is 4.79 Å². The molecule has 2 heterocycles. The molecule has 0 spiro atoms. The van der Waals surface area contributed by atoms with Gasteiger partial charge >= 0.3 is 5.97 Å². The van der Waals surface area contributed by atoms with Gasteiger partial charge in [-0.2, -0.15) is 0 Å². The van der Waals surface area contributed by atoms with Gasteiger partial charge in [-0.1, -0.05) is 0 Å². The average Bonchev–Trinajstić information content (AvgIpc) is 2.83. The summed E-state index contributed by atoms with van der Waals surface area (Å²) in [5.74, 6) is -0.314. The van der Waals surface area contributed by atoms with Crippen LogP contribution in [0.1, 0.15) is 14.5 Å². The molecule has 0 saturated carbocycles. The van der Waals surface area contributed by atoms with Gasteiger partial charge in [0.2, 0.25) is 0 Å². The Labute approximate surface area is 108 Å². The van der Waals surface area contributed by atoms with E-state index in [1.54, 1.807) is 16.7 Å². The van der Waals surface area contributed by atoms with Crippen LogP contribution in [0.15, 0.2) is 27.4 Å². The molecule has 0 aromatic carbocycles. The molecule has 84 valence electrons. The second-order valence-electron chi connectivity index (χ2n) is 2.97. The molecule has 2 aromatic rings. The molecule has 2 rings (SSSR count). The Bertz CT molecular complexity index is 504. The van der Waals surface area contributed by atoms with Gasteiger partial charge in [0.15, 0.2) is 0 Å². The van der Waals surface area contributed by atoms with E-state index in [1.807, 2.05) is 11.4 Å². The molecule has 0 aliphatic rings. The minimum atomic E-state index is -0.918. The summed E-state index contributed by atoms with van der Waals surface area (Å²) in [4.78, 5) is 12.0. The molecule has 0 fully saturated rings. The molecule has 1 N–H and O–H groups in total. The maximum Gasteiger partial charge on any atom is 0.346 e. The summed E-state index contributed by atoms with van der Waals surface area (Å²) in [7, 11) is 0. The number of carboxylic acids is 1. The number of carboxylic acid groups (broad SMARTS) is 1. The van der Waals surface area contributed by atoms with E-state index < -0.39 is 5.97 Å². The highest BCUT2D eigenvalue weighted by molar-refractivity contribution is 9.10. The van der Waals surface area contributed by atoms with Crippen LogP contribution in [0.5, 0.6) is 5.75 Å². The Morgan fingerprint density at radius 1 is 1.38 bits per heavy atom. The summed E-state index contributed by atoms with van der Waals surface area (Å²) in [5.41, 5.74) is 0. The predicted molar refractivity (Wildman–Crippen MR) is 67.6 cm³/mol. The summed E-state index contributed by atoms with van der Waals surface area (Å²) < 4.78 is 6.51. The topological polar surface area (TPSA) is 46.5 Å². The van der Waals surface area contributed by atoms with E-state index in [4.69, 9.17) is 9.84 Å². The molecule has 0 atom stereocenters. The number of aromatic carboxylic acids is 1. The molecule has 0 bridgehead atoms. The summed E-state index contributed by atoms with van der Waals surface area (Å²) in [6.45, 7) is 0.464. The van der Waals surface area contributed by atoms with Gasteiger partial charge < -0.3 is 9.84 Å². The van der Waals surface area contributed by atoms with E-state index in [2.05, 4.69) is 15.9 Å². The zero-order valence-corrected chi connectivity index (χ0v) is 11.2. The van der Waals surface area contributed by atoms with E-state index in [1.165, 1.54) is 17.4 Å². The Hall–Kier alpha value is -0.850. The molecule has 0 aliphatic heterocycles. The number of rotatable bonds is 4. The van der Waals surface area contributed by atoms with Crippen LogP contribution in [-0.4, -0.2) is 11.1 Å². The van der Waals surface area contributed by atoms with Gasteiger partial charge in [0.05, 0.1) is 0 Å². The van der Waals surface area contributed by atoms with Crippen molar-refractivity contribution in [2.24, 2.45) is 0 Å². The summed E-state index contributed by atoms with van der Waals surface area (Å²) in [5, 5.41) is 12.4. The van der Waals surface area contributed by atoms with Crippen LogP contribution in [0.4, 0.5) is 0 Å². The molecule has 0 unspecified atom stereocenters. The van der Waals surface area contributed by atoms with Crippen molar-refractivity contribution in [1.82, 2.24) is 0 Å². The van der Waals surface area contributed by atoms with Crippen LogP contribution in [0.25, 0.3) is 0 Å². The van der Waals surface area contributed by atoms with E-state index >= 15 is 0 Å². The SMILES string of the molecule is O=C(O)c1cc(OCc2cc(Br)cs2)cs1. The van der Waals surface area contributed by atoms with Crippen molar-refractivity contribution < 1.29 is 14.6 Å². The highest BCUT2D eigenvalue weighted by atomic mass is 79.9. The third kappa shape index (κ3) is 2.84. The number of ether oxygens (including phenoxy) is 1. The minimum absolute atomic E-state index is 0.294. The van der Waals surface area contributed by atoms with Crippen molar-refractivity contribution in [2.45, 2.75) is 6.61 Å². The summed E-state index contributed by atoms with van der Waals surface area (Å²) >= 11 is 6.13. The lowest BCUT2D eigenvalue weighted by Gasteiger charge is -1.99. The fraction of sp³-hybridized carbons (Fsp3) is 0.100. The number of thiophene rings is 2. The quantitative estimate of drug-likeness (QED) is 0.931. The van der Waals surface area contributed by atoms with Crippen LogP contribution in [0, 0.1) is 0 Å². The molecule has 0 amide bonds. The highest BCUT2D eigenvalue weighted by Crippen LogP contribution is 2.25. The second kappa shape index (κ2) is 4.99. The monoisotopic (exact) mass is 318 g/mol. The van der Waals surface area contributed by atoms with Gasteiger partial charge in [-0.05, 0) is 22.0 Å². The first-order chi connectivity index (χ1) is 7.65. The lowest BCUT2D eigenvalue weighted by molar-refractivity contribution is 0.0702. The van der Waals surface area contributed by atoms with Gasteiger partial charge in [0.1, 0.15) is 17.2 Å². The summed E-state index contributed by atoms with van der Waals surface area (Å²) in [6, 6.07) is 3.52. The van der Waals surface area contributed by atoms with Crippen molar-refractivity contribution in [3.8, 4) is 5.75 Å². The molecule has 0 aliphatic carbocycles. The Morgan fingerprint density at radius 3 is 2.75 bits per heavy atom. The van der Waals surface area contributed by atoms with Crippen LogP contribution in [-0.2, 0) is 6.61 Å². The van der Waals surface area contributed by atoms with Crippen LogP contribution >= 0.6 is 38.6 Å². The normalized spacial score (nSPS) is 10.3. The van der Waals surface area contributed by atoms with E-state index in [0.29, 0.717) is 17.2 Å². The lowest BCUT2D eigenvalue weighted by Crippen LogP contribution is -1.92. The molecule has 0 radical (unpaired) electrons. The first-order valence-electron chi connectivity index (χ1n) is 4.32. The molecule has 6 heteroatoms. The molecule has 2 aromatic heterocycles. The van der Waals surface area contributed by atoms with Crippen LogP contribution < -0.4 is 4.74 Å². The van der Waals surface area contributed by atoms with Crippen LogP contribution in [0.3, 0.4) is 0 Å². The molecule has 0 saturated heterocycles. The van der Waals surface area contributed by atoms with Gasteiger partial charge in [-0.15, -0.1) is 22.7 Å². The smallest absolute Gasteiger partial charge is 0.346 e.